The van der Waals surface area contributed by atoms with Crippen LogP contribution < -0.4 is 5.32 Å². The number of thiazole rings is 1. The minimum atomic E-state index is -0.658. The number of para-hydroxylation sites is 1. The Balaban J connectivity index is 1.84. The predicted octanol–water partition coefficient (Wildman–Crippen LogP) is 3.83. The Kier molecular flexibility index (Phi) is 3.60. The zero-order valence-electron chi connectivity index (χ0n) is 10.7. The van der Waals surface area contributed by atoms with Gasteiger partial charge in [-0.25, -0.2) is 4.98 Å². The Morgan fingerprint density at radius 1 is 1.48 bits per heavy atom. The van der Waals surface area contributed by atoms with Crippen LogP contribution in [0.4, 0.5) is 10.8 Å². The molecule has 0 spiro atoms. The normalized spacial score (nSPS) is 14.0. The van der Waals surface area contributed by atoms with Crippen LogP contribution in [0.2, 0.25) is 5.02 Å². The number of hydrogen-bond acceptors (Lipinski definition) is 5. The molecule has 3 rings (SSSR count). The monoisotopic (exact) mass is 323 g/mol. The van der Waals surface area contributed by atoms with Gasteiger partial charge in [-0.15, -0.1) is 11.3 Å². The second-order valence-electron chi connectivity index (χ2n) is 4.70. The third-order valence-corrected chi connectivity index (χ3v) is 4.23. The highest BCUT2D eigenvalue weighted by Crippen LogP contribution is 2.41. The molecule has 1 heterocycles. The van der Waals surface area contributed by atoms with Crippen molar-refractivity contribution in [1.29, 1.82) is 0 Å². The summed E-state index contributed by atoms with van der Waals surface area (Å²) in [7, 11) is 0. The van der Waals surface area contributed by atoms with Crippen molar-refractivity contribution in [2.45, 2.75) is 18.8 Å². The summed E-state index contributed by atoms with van der Waals surface area (Å²) in [5.41, 5.74) is 0.502. The van der Waals surface area contributed by atoms with Gasteiger partial charge in [0.1, 0.15) is 10.6 Å². The van der Waals surface area contributed by atoms with Crippen molar-refractivity contribution < 1.29 is 9.72 Å². The zero-order valence-corrected chi connectivity index (χ0v) is 12.3. The van der Waals surface area contributed by atoms with E-state index in [1.807, 2.05) is 5.38 Å². The van der Waals surface area contributed by atoms with Gasteiger partial charge in [-0.3, -0.25) is 20.2 Å². The smallest absolute Gasteiger partial charge is 0.298 e. The van der Waals surface area contributed by atoms with Gasteiger partial charge in [0, 0.05) is 11.3 Å². The van der Waals surface area contributed by atoms with Crippen molar-refractivity contribution in [1.82, 2.24) is 4.98 Å². The summed E-state index contributed by atoms with van der Waals surface area (Å²) in [5.74, 6) is -0.0895. The first-order valence-corrected chi connectivity index (χ1v) is 7.51. The van der Waals surface area contributed by atoms with Crippen molar-refractivity contribution in [3.63, 3.8) is 0 Å². The molecule has 2 aromatic rings. The number of rotatable bonds is 4. The fraction of sp³-hybridized carbons (Fsp3) is 0.231. The van der Waals surface area contributed by atoms with E-state index < -0.39 is 16.5 Å². The van der Waals surface area contributed by atoms with E-state index in [9.17, 15) is 14.9 Å². The number of carbonyl (C=O) groups excluding carboxylic acids is 1. The Morgan fingerprint density at radius 2 is 2.24 bits per heavy atom. The van der Waals surface area contributed by atoms with Gasteiger partial charge >= 0.3 is 5.69 Å². The number of nitrogens with one attached hydrogen (secondary N) is 1. The summed E-state index contributed by atoms with van der Waals surface area (Å²) < 4.78 is 0. The third-order valence-electron chi connectivity index (χ3n) is 3.15. The predicted molar refractivity (Wildman–Crippen MR) is 80.1 cm³/mol. The molecule has 1 aromatic heterocycles. The average Bonchev–Trinajstić information content (AvgIpc) is 3.19. The maximum atomic E-state index is 12.2. The van der Waals surface area contributed by atoms with Gasteiger partial charge < -0.3 is 0 Å². The molecular formula is C13H10ClN3O3S. The van der Waals surface area contributed by atoms with Crippen molar-refractivity contribution in [3.05, 3.63) is 50.0 Å². The molecule has 108 valence electrons. The summed E-state index contributed by atoms with van der Waals surface area (Å²) in [6, 6.07) is 4.25. The van der Waals surface area contributed by atoms with E-state index in [1.165, 1.54) is 29.5 Å². The maximum Gasteiger partial charge on any atom is 0.300 e. The second kappa shape index (κ2) is 5.42. The van der Waals surface area contributed by atoms with Gasteiger partial charge in [0.25, 0.3) is 5.91 Å². The topological polar surface area (TPSA) is 85.1 Å². The highest BCUT2D eigenvalue weighted by molar-refractivity contribution is 7.14. The molecule has 0 bridgehead atoms. The minimum Gasteiger partial charge on any atom is -0.298 e. The van der Waals surface area contributed by atoms with E-state index in [2.05, 4.69) is 10.3 Å². The highest BCUT2D eigenvalue weighted by atomic mass is 35.5. The quantitative estimate of drug-likeness (QED) is 0.684. The van der Waals surface area contributed by atoms with Gasteiger partial charge in [0.2, 0.25) is 0 Å². The van der Waals surface area contributed by atoms with Gasteiger partial charge in [-0.1, -0.05) is 17.7 Å². The molecule has 1 N–H and O–H groups in total. The first-order valence-electron chi connectivity index (χ1n) is 6.26. The number of halogens is 1. The van der Waals surface area contributed by atoms with Gasteiger partial charge in [-0.05, 0) is 25.0 Å². The first-order chi connectivity index (χ1) is 10.1. The van der Waals surface area contributed by atoms with E-state index in [0.29, 0.717) is 11.0 Å². The fourth-order valence-corrected chi connectivity index (χ4v) is 2.99. The number of nitro benzene ring substituents is 1. The lowest BCUT2D eigenvalue weighted by Gasteiger charge is -2.04. The average molecular weight is 324 g/mol. The molecule has 0 atom stereocenters. The van der Waals surface area contributed by atoms with E-state index in [4.69, 9.17) is 11.6 Å². The van der Waals surface area contributed by atoms with Crippen molar-refractivity contribution in [2.75, 3.05) is 5.32 Å². The molecule has 1 aliphatic rings. The summed E-state index contributed by atoms with van der Waals surface area (Å²) in [5, 5.41) is 15.9. The number of aromatic nitrogens is 1. The number of anilines is 1. The zero-order chi connectivity index (χ0) is 15.0. The van der Waals surface area contributed by atoms with Crippen LogP contribution in [-0.2, 0) is 0 Å². The molecular weight excluding hydrogens is 314 g/mol. The molecule has 0 aliphatic heterocycles. The Bertz CT molecular complexity index is 727. The van der Waals surface area contributed by atoms with Crippen molar-refractivity contribution >= 4 is 39.7 Å². The van der Waals surface area contributed by atoms with Crippen LogP contribution in [0.3, 0.4) is 0 Å². The SMILES string of the molecule is O=C(Nc1nc(C2CC2)cs1)c1cccc(Cl)c1[N+](=O)[O-]. The number of benzene rings is 1. The van der Waals surface area contributed by atoms with E-state index in [-0.39, 0.29) is 10.6 Å². The fourth-order valence-electron chi connectivity index (χ4n) is 1.96. The lowest BCUT2D eigenvalue weighted by Crippen LogP contribution is -2.14. The standard InChI is InChI=1S/C13H10ClN3O3S/c14-9-3-1-2-8(11(9)17(19)20)12(18)16-13-15-10(6-21-13)7-4-5-7/h1-3,6-7H,4-5H2,(H,15,16,18). The highest BCUT2D eigenvalue weighted by Gasteiger charge is 2.27. The van der Waals surface area contributed by atoms with Crippen LogP contribution in [-0.4, -0.2) is 15.8 Å². The van der Waals surface area contributed by atoms with Crippen LogP contribution in [0.1, 0.15) is 34.8 Å². The first kappa shape index (κ1) is 14.0. The van der Waals surface area contributed by atoms with Crippen LogP contribution in [0.5, 0.6) is 0 Å². The number of nitro groups is 1. The molecule has 1 amide bonds. The van der Waals surface area contributed by atoms with Crippen LogP contribution in [0.25, 0.3) is 0 Å². The molecule has 1 aromatic carbocycles. The number of carbonyl (C=O) groups is 1. The van der Waals surface area contributed by atoms with Gasteiger partial charge in [-0.2, -0.15) is 0 Å². The largest absolute Gasteiger partial charge is 0.300 e. The molecule has 6 nitrogen and oxygen atoms in total. The molecule has 1 aliphatic carbocycles. The molecule has 0 saturated heterocycles. The van der Waals surface area contributed by atoms with E-state index >= 15 is 0 Å². The molecule has 1 fully saturated rings. The summed E-state index contributed by atoms with van der Waals surface area (Å²) in [4.78, 5) is 26.9. The van der Waals surface area contributed by atoms with E-state index in [1.54, 1.807) is 0 Å². The van der Waals surface area contributed by atoms with Gasteiger partial charge in [0.15, 0.2) is 5.13 Å². The Labute approximate surface area is 128 Å². The molecule has 0 radical (unpaired) electrons. The third kappa shape index (κ3) is 2.88. The summed E-state index contributed by atoms with van der Waals surface area (Å²) in [6.07, 6.45) is 2.24. The van der Waals surface area contributed by atoms with E-state index in [0.717, 1.165) is 18.5 Å². The number of hydrogen-bond donors (Lipinski definition) is 1. The summed E-state index contributed by atoms with van der Waals surface area (Å²) in [6.45, 7) is 0. The number of amides is 1. The number of nitrogens with zero attached hydrogens (tertiary/aromatic N) is 2. The summed E-state index contributed by atoms with van der Waals surface area (Å²) >= 11 is 7.10. The lowest BCUT2D eigenvalue weighted by molar-refractivity contribution is -0.385. The minimum absolute atomic E-state index is 0.0644. The second-order valence-corrected chi connectivity index (χ2v) is 5.96. The van der Waals surface area contributed by atoms with Crippen LogP contribution in [0.15, 0.2) is 23.6 Å². The Hall–Kier alpha value is -1.99. The maximum absolute atomic E-state index is 12.2. The Morgan fingerprint density at radius 3 is 2.90 bits per heavy atom. The van der Waals surface area contributed by atoms with Crippen molar-refractivity contribution in [3.8, 4) is 0 Å². The van der Waals surface area contributed by atoms with Crippen LogP contribution >= 0.6 is 22.9 Å². The van der Waals surface area contributed by atoms with Gasteiger partial charge in [0.05, 0.1) is 10.6 Å². The molecule has 8 heteroatoms. The lowest BCUT2D eigenvalue weighted by atomic mass is 10.1. The van der Waals surface area contributed by atoms with Crippen molar-refractivity contribution in [2.24, 2.45) is 0 Å². The molecule has 0 unspecified atom stereocenters. The molecule has 1 saturated carbocycles. The molecule has 21 heavy (non-hydrogen) atoms. The van der Waals surface area contributed by atoms with Crippen LogP contribution in [0, 0.1) is 10.1 Å².